The third kappa shape index (κ3) is 4.04. The molecule has 0 radical (unpaired) electrons. The number of nitrogens with one attached hydrogen (secondary N) is 2. The molecule has 2 heterocycles. The summed E-state index contributed by atoms with van der Waals surface area (Å²) in [4.78, 5) is 20.3. The lowest BCUT2D eigenvalue weighted by Gasteiger charge is -2.23. The van der Waals surface area contributed by atoms with Crippen LogP contribution in [0.15, 0.2) is 36.7 Å². The Labute approximate surface area is 135 Å². The molecule has 2 aromatic rings. The van der Waals surface area contributed by atoms with Crippen LogP contribution in [0.2, 0.25) is 0 Å². The highest BCUT2D eigenvalue weighted by Gasteiger charge is 2.20. The van der Waals surface area contributed by atoms with Crippen LogP contribution in [0.5, 0.6) is 11.8 Å². The van der Waals surface area contributed by atoms with Crippen molar-refractivity contribution in [1.29, 1.82) is 0 Å². The van der Waals surface area contributed by atoms with Gasteiger partial charge in [0.15, 0.2) is 0 Å². The van der Waals surface area contributed by atoms with Gasteiger partial charge in [-0.3, -0.25) is 4.79 Å². The van der Waals surface area contributed by atoms with Gasteiger partial charge in [-0.05, 0) is 56.1 Å². The van der Waals surface area contributed by atoms with E-state index in [1.54, 1.807) is 24.5 Å². The van der Waals surface area contributed by atoms with Crippen LogP contribution in [0.3, 0.4) is 0 Å². The largest absolute Gasteiger partial charge is 0.424 e. The van der Waals surface area contributed by atoms with E-state index in [1.165, 1.54) is 0 Å². The quantitative estimate of drug-likeness (QED) is 0.907. The average molecular weight is 312 g/mol. The van der Waals surface area contributed by atoms with Crippen LogP contribution < -0.4 is 15.4 Å². The molecule has 3 rings (SSSR count). The number of aryl methyl sites for hydroxylation is 1. The van der Waals surface area contributed by atoms with E-state index in [2.05, 4.69) is 20.6 Å². The Bertz CT molecular complexity index is 670. The molecule has 23 heavy (non-hydrogen) atoms. The second-order valence-corrected chi connectivity index (χ2v) is 5.60. The SMILES string of the molecule is Cc1cc(Oc2ncccn2)ccc1NC(=O)C1CCCCN1. The summed E-state index contributed by atoms with van der Waals surface area (Å²) in [5.74, 6) is 0.662. The number of hydrogen-bond donors (Lipinski definition) is 2. The van der Waals surface area contributed by atoms with Crippen molar-refractivity contribution in [3.05, 3.63) is 42.2 Å². The van der Waals surface area contributed by atoms with Crippen molar-refractivity contribution in [1.82, 2.24) is 15.3 Å². The zero-order chi connectivity index (χ0) is 16.1. The Kier molecular flexibility index (Phi) is 4.83. The molecule has 1 aromatic carbocycles. The maximum Gasteiger partial charge on any atom is 0.321 e. The van der Waals surface area contributed by atoms with Gasteiger partial charge in [0.1, 0.15) is 5.75 Å². The van der Waals surface area contributed by atoms with Crippen molar-refractivity contribution in [2.75, 3.05) is 11.9 Å². The molecular weight excluding hydrogens is 292 g/mol. The molecule has 1 atom stereocenters. The summed E-state index contributed by atoms with van der Waals surface area (Å²) in [6.45, 7) is 2.84. The van der Waals surface area contributed by atoms with Crippen LogP contribution in [0.25, 0.3) is 0 Å². The van der Waals surface area contributed by atoms with Gasteiger partial charge >= 0.3 is 6.01 Å². The number of anilines is 1. The van der Waals surface area contributed by atoms with Gasteiger partial charge in [-0.2, -0.15) is 0 Å². The van der Waals surface area contributed by atoms with Crippen molar-refractivity contribution in [2.45, 2.75) is 32.2 Å². The first-order valence-electron chi connectivity index (χ1n) is 7.82. The average Bonchev–Trinajstić information content (AvgIpc) is 2.59. The van der Waals surface area contributed by atoms with Crippen molar-refractivity contribution in [3.8, 4) is 11.8 Å². The third-order valence-electron chi connectivity index (χ3n) is 3.83. The monoisotopic (exact) mass is 312 g/mol. The molecule has 1 aliphatic rings. The van der Waals surface area contributed by atoms with Crippen molar-refractivity contribution < 1.29 is 9.53 Å². The van der Waals surface area contributed by atoms with Crippen molar-refractivity contribution in [3.63, 3.8) is 0 Å². The van der Waals surface area contributed by atoms with Crippen LogP contribution in [-0.2, 0) is 4.79 Å². The van der Waals surface area contributed by atoms with Gasteiger partial charge in [-0.1, -0.05) is 6.42 Å². The number of ether oxygens (including phenoxy) is 1. The Hall–Kier alpha value is -2.47. The lowest BCUT2D eigenvalue weighted by Crippen LogP contribution is -2.43. The Morgan fingerprint density at radius 2 is 2.13 bits per heavy atom. The third-order valence-corrected chi connectivity index (χ3v) is 3.83. The summed E-state index contributed by atoms with van der Waals surface area (Å²) in [6, 6.07) is 7.43. The summed E-state index contributed by atoms with van der Waals surface area (Å²) >= 11 is 0. The minimum Gasteiger partial charge on any atom is -0.424 e. The van der Waals surface area contributed by atoms with E-state index in [1.807, 2.05) is 19.1 Å². The van der Waals surface area contributed by atoms with E-state index in [-0.39, 0.29) is 11.9 Å². The molecule has 2 N–H and O–H groups in total. The fourth-order valence-corrected chi connectivity index (χ4v) is 2.58. The van der Waals surface area contributed by atoms with E-state index >= 15 is 0 Å². The highest BCUT2D eigenvalue weighted by atomic mass is 16.5. The summed E-state index contributed by atoms with van der Waals surface area (Å²) in [6.07, 6.45) is 6.36. The van der Waals surface area contributed by atoms with E-state index in [9.17, 15) is 4.79 Å². The van der Waals surface area contributed by atoms with Crippen molar-refractivity contribution >= 4 is 11.6 Å². The van der Waals surface area contributed by atoms with Crippen LogP contribution in [0.4, 0.5) is 5.69 Å². The number of carbonyl (C=O) groups excluding carboxylic acids is 1. The van der Waals surface area contributed by atoms with Gasteiger partial charge < -0.3 is 15.4 Å². The number of hydrogen-bond acceptors (Lipinski definition) is 5. The number of carbonyl (C=O) groups is 1. The standard InChI is InChI=1S/C17H20N4O2/c1-12-11-13(23-17-19-9-4-10-20-17)6-7-14(12)21-16(22)15-5-2-3-8-18-15/h4,6-7,9-11,15,18H,2-3,5,8H2,1H3,(H,21,22). The second kappa shape index (κ2) is 7.19. The van der Waals surface area contributed by atoms with Gasteiger partial charge in [0, 0.05) is 18.1 Å². The molecule has 0 saturated carbocycles. The molecule has 0 spiro atoms. The minimum absolute atomic E-state index is 0.0212. The minimum atomic E-state index is -0.100. The maximum absolute atomic E-state index is 12.3. The topological polar surface area (TPSA) is 76.1 Å². The van der Waals surface area contributed by atoms with Gasteiger partial charge in [0.25, 0.3) is 0 Å². The zero-order valence-corrected chi connectivity index (χ0v) is 13.1. The molecule has 1 amide bonds. The van der Waals surface area contributed by atoms with Crippen LogP contribution >= 0.6 is 0 Å². The highest BCUT2D eigenvalue weighted by Crippen LogP contribution is 2.24. The molecule has 1 fully saturated rings. The molecule has 1 saturated heterocycles. The molecule has 1 aliphatic heterocycles. The van der Waals surface area contributed by atoms with E-state index in [0.29, 0.717) is 11.8 Å². The normalized spacial score (nSPS) is 17.5. The lowest BCUT2D eigenvalue weighted by molar-refractivity contribution is -0.118. The number of rotatable bonds is 4. The van der Waals surface area contributed by atoms with Crippen molar-refractivity contribution in [2.24, 2.45) is 0 Å². The van der Waals surface area contributed by atoms with E-state index in [4.69, 9.17) is 4.74 Å². The highest BCUT2D eigenvalue weighted by molar-refractivity contribution is 5.95. The predicted octanol–water partition coefficient (Wildman–Crippen LogP) is 2.66. The fraction of sp³-hybridized carbons (Fsp3) is 0.353. The Morgan fingerprint density at radius 1 is 1.30 bits per heavy atom. The smallest absolute Gasteiger partial charge is 0.321 e. The van der Waals surface area contributed by atoms with E-state index in [0.717, 1.165) is 37.1 Å². The first-order valence-corrected chi connectivity index (χ1v) is 7.82. The van der Waals surface area contributed by atoms with Crippen LogP contribution in [-0.4, -0.2) is 28.5 Å². The van der Waals surface area contributed by atoms with Gasteiger partial charge in [0.05, 0.1) is 6.04 Å². The molecule has 0 bridgehead atoms. The second-order valence-electron chi connectivity index (χ2n) is 5.60. The van der Waals surface area contributed by atoms with Gasteiger partial charge in [-0.25, -0.2) is 9.97 Å². The maximum atomic E-state index is 12.3. The molecule has 0 aliphatic carbocycles. The molecule has 6 heteroatoms. The molecule has 1 unspecified atom stereocenters. The van der Waals surface area contributed by atoms with Crippen LogP contribution in [0, 0.1) is 6.92 Å². The number of piperidine rings is 1. The first kappa shape index (κ1) is 15.4. The van der Waals surface area contributed by atoms with Gasteiger partial charge in [-0.15, -0.1) is 0 Å². The summed E-state index contributed by atoms with van der Waals surface area (Å²) in [5, 5.41) is 6.23. The number of aromatic nitrogens is 2. The van der Waals surface area contributed by atoms with E-state index < -0.39 is 0 Å². The fourth-order valence-electron chi connectivity index (χ4n) is 2.58. The number of benzene rings is 1. The Morgan fingerprint density at radius 3 is 2.83 bits per heavy atom. The number of nitrogens with zero attached hydrogens (tertiary/aromatic N) is 2. The van der Waals surface area contributed by atoms with Crippen LogP contribution in [0.1, 0.15) is 24.8 Å². The Balaban J connectivity index is 1.66. The zero-order valence-electron chi connectivity index (χ0n) is 13.1. The molecule has 120 valence electrons. The molecule has 6 nitrogen and oxygen atoms in total. The first-order chi connectivity index (χ1) is 11.2. The summed E-state index contributed by atoms with van der Waals surface area (Å²) in [5.41, 5.74) is 1.73. The van der Waals surface area contributed by atoms with Gasteiger partial charge in [0.2, 0.25) is 5.91 Å². The predicted molar refractivity (Wildman–Crippen MR) is 87.6 cm³/mol. The number of amides is 1. The lowest BCUT2D eigenvalue weighted by atomic mass is 10.0. The summed E-state index contributed by atoms with van der Waals surface area (Å²) < 4.78 is 5.59. The molecule has 1 aromatic heterocycles. The summed E-state index contributed by atoms with van der Waals surface area (Å²) in [7, 11) is 0. The molecular formula is C17H20N4O2.